The molecule has 0 saturated carbocycles. The first-order valence-electron chi connectivity index (χ1n) is 10.2. The number of rotatable bonds is 3. The van der Waals surface area contributed by atoms with Crippen molar-refractivity contribution < 1.29 is 27.1 Å². The van der Waals surface area contributed by atoms with Crippen LogP contribution >= 0.6 is 0 Å². The number of carbonyl (C=O) groups excluding carboxylic acids is 1. The van der Waals surface area contributed by atoms with Crippen LogP contribution < -0.4 is 11.2 Å². The fraction of sp³-hybridized carbons (Fsp3) is 0.348. The maximum Gasteiger partial charge on any atom is 0.417 e. The molecule has 33 heavy (non-hydrogen) atoms. The number of aryl methyl sites for hydroxylation is 1. The number of amides is 1. The summed E-state index contributed by atoms with van der Waals surface area (Å²) in [6, 6.07) is 6.65. The summed E-state index contributed by atoms with van der Waals surface area (Å²) < 4.78 is 60.5. The minimum atomic E-state index is -4.62. The quantitative estimate of drug-likeness (QED) is 0.572. The second kappa shape index (κ2) is 7.95. The zero-order valence-corrected chi connectivity index (χ0v) is 17.8. The summed E-state index contributed by atoms with van der Waals surface area (Å²) in [6.45, 7) is 2.29. The minimum Gasteiger partial charge on any atom is -0.365 e. The predicted molar refractivity (Wildman–Crippen MR) is 113 cm³/mol. The van der Waals surface area contributed by atoms with Gasteiger partial charge in [0.05, 0.1) is 17.5 Å². The van der Waals surface area contributed by atoms with Crippen LogP contribution in [0.1, 0.15) is 52.5 Å². The molecular weight excluding hydrogens is 442 g/mol. The number of aromatic amines is 1. The summed E-state index contributed by atoms with van der Waals surface area (Å²) in [7, 11) is 0. The molecule has 0 aliphatic carbocycles. The fourth-order valence-corrected chi connectivity index (χ4v) is 4.50. The number of halogens is 4. The van der Waals surface area contributed by atoms with Gasteiger partial charge in [-0.15, -0.1) is 0 Å². The molecule has 3 aromatic rings. The van der Waals surface area contributed by atoms with Crippen LogP contribution in [-0.2, 0) is 4.74 Å². The van der Waals surface area contributed by atoms with E-state index in [1.165, 1.54) is 36.5 Å². The third-order valence-electron chi connectivity index (χ3n) is 6.30. The Balaban J connectivity index is 1.87. The van der Waals surface area contributed by atoms with Crippen LogP contribution in [0.15, 0.2) is 41.3 Å². The van der Waals surface area contributed by atoms with Gasteiger partial charge in [-0.2, -0.15) is 13.2 Å². The number of pyridine rings is 2. The smallest absolute Gasteiger partial charge is 0.365 e. The minimum absolute atomic E-state index is 0.000111. The lowest BCUT2D eigenvalue weighted by Gasteiger charge is -2.44. The number of nitrogens with two attached hydrogens (primary N) is 1. The van der Waals surface area contributed by atoms with Crippen LogP contribution in [0, 0.1) is 12.7 Å². The molecule has 1 saturated heterocycles. The number of ether oxygens (including phenoxy) is 1. The summed E-state index contributed by atoms with van der Waals surface area (Å²) in [6.07, 6.45) is -3.73. The number of hydrogen-bond acceptors (Lipinski definition) is 4. The van der Waals surface area contributed by atoms with Gasteiger partial charge in [0, 0.05) is 23.9 Å². The molecule has 1 aliphatic heterocycles. The number of primary amides is 1. The topological polar surface area (TPSA) is 98.1 Å². The molecule has 3 atom stereocenters. The van der Waals surface area contributed by atoms with Gasteiger partial charge in [-0.1, -0.05) is 6.07 Å². The van der Waals surface area contributed by atoms with Crippen molar-refractivity contribution in [1.29, 1.82) is 0 Å². The lowest BCUT2D eigenvalue weighted by molar-refractivity contribution is -0.286. The molecule has 4 rings (SSSR count). The molecule has 1 aromatic carbocycles. The van der Waals surface area contributed by atoms with Crippen molar-refractivity contribution in [3.05, 3.63) is 75.1 Å². The zero-order valence-electron chi connectivity index (χ0n) is 17.8. The Morgan fingerprint density at radius 1 is 1.24 bits per heavy atom. The number of nitrogens with zero attached hydrogens (tertiary/aromatic N) is 1. The van der Waals surface area contributed by atoms with Crippen molar-refractivity contribution in [1.82, 2.24) is 9.97 Å². The first-order chi connectivity index (χ1) is 15.4. The normalized spacial score (nSPS) is 23.6. The summed E-state index contributed by atoms with van der Waals surface area (Å²) in [4.78, 5) is 31.4. The van der Waals surface area contributed by atoms with E-state index in [-0.39, 0.29) is 23.2 Å². The predicted octanol–water partition coefficient (Wildman–Crippen LogP) is 4.08. The van der Waals surface area contributed by atoms with E-state index in [9.17, 15) is 27.2 Å². The number of benzene rings is 1. The highest BCUT2D eigenvalue weighted by atomic mass is 19.4. The lowest BCUT2D eigenvalue weighted by Crippen LogP contribution is -2.51. The Kier molecular flexibility index (Phi) is 5.52. The van der Waals surface area contributed by atoms with Crippen molar-refractivity contribution in [2.24, 2.45) is 5.73 Å². The standard InChI is InChI=1S/C23H21F4N3O3/c1-11-7-12(24)3-4-13(11)14-9-22(2,23(25,26)27)33-10-15(14)17-8-18(31)19-16(30-17)5-6-29-20(19)21(28)32/h3-8,14-15H,9-10H2,1-2H3,(H2,28,32)(H,30,31)/t14-,15+,22+/m0/s1. The van der Waals surface area contributed by atoms with E-state index >= 15 is 0 Å². The molecule has 0 spiro atoms. The van der Waals surface area contributed by atoms with Gasteiger partial charge >= 0.3 is 6.18 Å². The SMILES string of the molecule is Cc1cc(F)ccc1[C@@H]1C[C@](C)(C(F)(F)F)OC[C@H]1c1cc(=O)c2c(C(N)=O)nccc2[nH]1. The van der Waals surface area contributed by atoms with Crippen molar-refractivity contribution in [2.45, 2.75) is 43.9 Å². The Bertz CT molecular complexity index is 1300. The number of alkyl halides is 3. The number of fused-ring (bicyclic) bond motifs is 1. The van der Waals surface area contributed by atoms with Gasteiger partial charge < -0.3 is 15.5 Å². The van der Waals surface area contributed by atoms with Gasteiger partial charge in [0.15, 0.2) is 11.0 Å². The molecule has 0 bridgehead atoms. The van der Waals surface area contributed by atoms with Gasteiger partial charge in [-0.3, -0.25) is 14.6 Å². The van der Waals surface area contributed by atoms with E-state index in [0.29, 0.717) is 16.8 Å². The molecule has 6 nitrogen and oxygen atoms in total. The molecule has 10 heteroatoms. The maximum absolute atomic E-state index is 13.8. The summed E-state index contributed by atoms with van der Waals surface area (Å²) in [5.41, 5.74) is 3.82. The van der Waals surface area contributed by atoms with Crippen molar-refractivity contribution in [3.8, 4) is 0 Å². The molecule has 0 radical (unpaired) electrons. The van der Waals surface area contributed by atoms with E-state index in [1.807, 2.05) is 0 Å². The van der Waals surface area contributed by atoms with E-state index in [2.05, 4.69) is 9.97 Å². The zero-order chi connectivity index (χ0) is 24.1. The van der Waals surface area contributed by atoms with E-state index in [0.717, 1.165) is 6.92 Å². The summed E-state index contributed by atoms with van der Waals surface area (Å²) in [5, 5.41) is 0.000111. The first-order valence-corrected chi connectivity index (χ1v) is 10.2. The Morgan fingerprint density at radius 3 is 2.61 bits per heavy atom. The lowest BCUT2D eigenvalue weighted by atomic mass is 9.73. The van der Waals surface area contributed by atoms with Crippen LogP contribution in [0.3, 0.4) is 0 Å². The highest BCUT2D eigenvalue weighted by Gasteiger charge is 2.57. The summed E-state index contributed by atoms with van der Waals surface area (Å²) >= 11 is 0. The monoisotopic (exact) mass is 463 g/mol. The van der Waals surface area contributed by atoms with Crippen molar-refractivity contribution in [2.75, 3.05) is 6.61 Å². The molecule has 174 valence electrons. The van der Waals surface area contributed by atoms with Gasteiger partial charge in [0.2, 0.25) is 0 Å². The van der Waals surface area contributed by atoms with Crippen LogP contribution in [0.25, 0.3) is 10.9 Å². The number of hydrogen-bond donors (Lipinski definition) is 2. The van der Waals surface area contributed by atoms with E-state index in [1.54, 1.807) is 6.92 Å². The Labute approximate surface area is 185 Å². The molecule has 1 amide bonds. The van der Waals surface area contributed by atoms with E-state index in [4.69, 9.17) is 10.5 Å². The number of nitrogens with one attached hydrogen (secondary N) is 1. The largest absolute Gasteiger partial charge is 0.417 e. The third kappa shape index (κ3) is 3.99. The Morgan fingerprint density at radius 2 is 1.97 bits per heavy atom. The molecular formula is C23H21F4N3O3. The van der Waals surface area contributed by atoms with Crippen molar-refractivity contribution >= 4 is 16.8 Å². The number of aromatic nitrogens is 2. The maximum atomic E-state index is 13.8. The first kappa shape index (κ1) is 22.9. The van der Waals surface area contributed by atoms with Crippen LogP contribution in [0.5, 0.6) is 0 Å². The molecule has 2 aromatic heterocycles. The molecule has 3 N–H and O–H groups in total. The second-order valence-electron chi connectivity index (χ2n) is 8.49. The van der Waals surface area contributed by atoms with Crippen LogP contribution in [0.4, 0.5) is 17.6 Å². The van der Waals surface area contributed by atoms with E-state index < -0.39 is 47.2 Å². The van der Waals surface area contributed by atoms with Gasteiger partial charge in [-0.05, 0) is 55.5 Å². The molecule has 0 unspecified atom stereocenters. The molecule has 1 aliphatic rings. The van der Waals surface area contributed by atoms with Gasteiger partial charge in [0.1, 0.15) is 11.5 Å². The molecule has 1 fully saturated rings. The van der Waals surface area contributed by atoms with Gasteiger partial charge in [0.25, 0.3) is 5.91 Å². The van der Waals surface area contributed by atoms with Gasteiger partial charge in [-0.25, -0.2) is 4.39 Å². The summed E-state index contributed by atoms with van der Waals surface area (Å²) in [5.74, 6) is -2.76. The second-order valence-corrected chi connectivity index (χ2v) is 8.49. The number of carbonyl (C=O) groups is 1. The third-order valence-corrected chi connectivity index (χ3v) is 6.30. The molecule has 3 heterocycles. The van der Waals surface area contributed by atoms with Crippen LogP contribution in [0.2, 0.25) is 0 Å². The average molecular weight is 463 g/mol. The Hall–Kier alpha value is -3.27. The highest BCUT2D eigenvalue weighted by Crippen LogP contribution is 2.50. The highest BCUT2D eigenvalue weighted by molar-refractivity contribution is 6.03. The van der Waals surface area contributed by atoms with Crippen molar-refractivity contribution in [3.63, 3.8) is 0 Å². The fourth-order valence-electron chi connectivity index (χ4n) is 4.50. The number of H-pyrrole nitrogens is 1. The van der Waals surface area contributed by atoms with Crippen LogP contribution in [-0.4, -0.2) is 34.3 Å². The average Bonchev–Trinajstić information content (AvgIpc) is 2.72.